The second-order valence-electron chi connectivity index (χ2n) is 4.98. The number of rotatable bonds is 4. The van der Waals surface area contributed by atoms with Crippen LogP contribution in [0.15, 0.2) is 22.8 Å². The first-order valence-corrected chi connectivity index (χ1v) is 6.85. The van der Waals surface area contributed by atoms with E-state index in [1.54, 1.807) is 6.26 Å². The van der Waals surface area contributed by atoms with E-state index >= 15 is 0 Å². The molecule has 1 fully saturated rings. The van der Waals surface area contributed by atoms with E-state index in [2.05, 4.69) is 20.2 Å². The second-order valence-corrected chi connectivity index (χ2v) is 4.98. The van der Waals surface area contributed by atoms with Crippen molar-refractivity contribution in [1.82, 2.24) is 20.2 Å². The molecule has 0 spiro atoms. The summed E-state index contributed by atoms with van der Waals surface area (Å²) in [6.45, 7) is 7.55. The maximum Gasteiger partial charge on any atom is 0.154 e. The Balaban J connectivity index is 1.64. The van der Waals surface area contributed by atoms with E-state index in [0.717, 1.165) is 62.1 Å². The summed E-state index contributed by atoms with van der Waals surface area (Å²) in [5, 5.41) is 3.37. The lowest BCUT2D eigenvalue weighted by molar-refractivity contribution is 0.242. The molecule has 3 heterocycles. The summed E-state index contributed by atoms with van der Waals surface area (Å²) in [5.41, 5.74) is 2.01. The van der Waals surface area contributed by atoms with Crippen LogP contribution in [0.4, 0.5) is 0 Å². The number of piperazine rings is 1. The first-order valence-electron chi connectivity index (χ1n) is 6.85. The monoisotopic (exact) mass is 260 g/mol. The van der Waals surface area contributed by atoms with Crippen molar-refractivity contribution in [3.8, 4) is 11.5 Å². The van der Waals surface area contributed by atoms with E-state index in [4.69, 9.17) is 4.42 Å². The molecule has 0 atom stereocenters. The van der Waals surface area contributed by atoms with E-state index in [1.165, 1.54) is 0 Å². The van der Waals surface area contributed by atoms with E-state index in [-0.39, 0.29) is 0 Å². The fourth-order valence-electron chi connectivity index (χ4n) is 2.49. The van der Waals surface area contributed by atoms with Gasteiger partial charge in [0, 0.05) is 44.8 Å². The van der Waals surface area contributed by atoms with Gasteiger partial charge in [0.05, 0.1) is 6.26 Å². The molecule has 0 aliphatic carbocycles. The summed E-state index contributed by atoms with van der Waals surface area (Å²) < 4.78 is 5.41. The van der Waals surface area contributed by atoms with Crippen molar-refractivity contribution in [3.05, 3.63) is 29.9 Å². The summed E-state index contributed by atoms with van der Waals surface area (Å²) in [5.74, 6) is 1.88. The molecule has 102 valence electrons. The lowest BCUT2D eigenvalue weighted by Gasteiger charge is -2.26. The first kappa shape index (κ1) is 12.4. The van der Waals surface area contributed by atoms with Crippen LogP contribution in [0.2, 0.25) is 0 Å². The normalized spacial score (nSPS) is 16.9. The highest BCUT2D eigenvalue weighted by Crippen LogP contribution is 2.21. The molecule has 0 saturated carbocycles. The number of aromatic amines is 1. The van der Waals surface area contributed by atoms with E-state index in [1.807, 2.05) is 19.1 Å². The van der Waals surface area contributed by atoms with Crippen molar-refractivity contribution in [2.45, 2.75) is 13.3 Å². The summed E-state index contributed by atoms with van der Waals surface area (Å²) in [6.07, 6.45) is 2.64. The summed E-state index contributed by atoms with van der Waals surface area (Å²) in [4.78, 5) is 10.5. The summed E-state index contributed by atoms with van der Waals surface area (Å²) in [7, 11) is 0. The molecular formula is C14H20N4O. The van der Waals surface area contributed by atoms with Gasteiger partial charge < -0.3 is 19.6 Å². The number of aryl methyl sites for hydroxylation is 1. The Labute approximate surface area is 113 Å². The van der Waals surface area contributed by atoms with Crippen molar-refractivity contribution in [1.29, 1.82) is 0 Å². The fraction of sp³-hybridized carbons (Fsp3) is 0.500. The molecule has 1 aliphatic heterocycles. The molecule has 2 N–H and O–H groups in total. The van der Waals surface area contributed by atoms with E-state index < -0.39 is 0 Å². The zero-order valence-corrected chi connectivity index (χ0v) is 11.3. The van der Waals surface area contributed by atoms with E-state index in [0.29, 0.717) is 0 Å². The quantitative estimate of drug-likeness (QED) is 0.873. The minimum atomic E-state index is 0.835. The number of nitrogens with one attached hydrogen (secondary N) is 2. The maximum absolute atomic E-state index is 5.41. The molecule has 0 aromatic carbocycles. The number of imidazole rings is 1. The Bertz CT molecular complexity index is 512. The lowest BCUT2D eigenvalue weighted by Crippen LogP contribution is -2.44. The molecule has 2 aromatic rings. The number of nitrogens with zero attached hydrogens (tertiary/aromatic N) is 2. The predicted octanol–water partition coefficient (Wildman–Crippen LogP) is 1.43. The highest BCUT2D eigenvalue weighted by atomic mass is 16.3. The van der Waals surface area contributed by atoms with Crippen molar-refractivity contribution in [3.63, 3.8) is 0 Å². The molecule has 0 radical (unpaired) electrons. The van der Waals surface area contributed by atoms with Crippen molar-refractivity contribution in [2.24, 2.45) is 0 Å². The van der Waals surface area contributed by atoms with Gasteiger partial charge in [-0.2, -0.15) is 0 Å². The smallest absolute Gasteiger partial charge is 0.154 e. The van der Waals surface area contributed by atoms with Gasteiger partial charge in [0.1, 0.15) is 11.5 Å². The summed E-state index contributed by atoms with van der Waals surface area (Å²) >= 11 is 0. The molecule has 1 saturated heterocycles. The van der Waals surface area contributed by atoms with Crippen LogP contribution in [0.3, 0.4) is 0 Å². The molecule has 1 aliphatic rings. The first-order chi connectivity index (χ1) is 9.33. The SMILES string of the molecule is Cc1[nH]c(CCN2CCNCC2)nc1-c1ccco1. The topological polar surface area (TPSA) is 57.1 Å². The molecule has 2 aromatic heterocycles. The average molecular weight is 260 g/mol. The van der Waals surface area contributed by atoms with Crippen molar-refractivity contribution in [2.75, 3.05) is 32.7 Å². The van der Waals surface area contributed by atoms with Crippen LogP contribution in [0.5, 0.6) is 0 Å². The van der Waals surface area contributed by atoms with Gasteiger partial charge in [0.2, 0.25) is 0 Å². The lowest BCUT2D eigenvalue weighted by atomic mass is 10.3. The molecule has 5 nitrogen and oxygen atoms in total. The van der Waals surface area contributed by atoms with E-state index in [9.17, 15) is 0 Å². The zero-order valence-electron chi connectivity index (χ0n) is 11.3. The predicted molar refractivity (Wildman–Crippen MR) is 74.0 cm³/mol. The Kier molecular flexibility index (Phi) is 3.66. The number of hydrogen-bond acceptors (Lipinski definition) is 4. The van der Waals surface area contributed by atoms with Gasteiger partial charge in [-0.3, -0.25) is 0 Å². The minimum Gasteiger partial charge on any atom is -0.463 e. The highest BCUT2D eigenvalue weighted by molar-refractivity contribution is 5.55. The number of hydrogen-bond donors (Lipinski definition) is 2. The second kappa shape index (κ2) is 5.59. The molecule has 19 heavy (non-hydrogen) atoms. The molecular weight excluding hydrogens is 240 g/mol. The molecule has 3 rings (SSSR count). The van der Waals surface area contributed by atoms with Crippen LogP contribution >= 0.6 is 0 Å². The Morgan fingerprint density at radius 1 is 1.37 bits per heavy atom. The fourth-order valence-corrected chi connectivity index (χ4v) is 2.49. The third kappa shape index (κ3) is 2.88. The molecule has 0 unspecified atom stereocenters. The maximum atomic E-state index is 5.41. The van der Waals surface area contributed by atoms with Crippen molar-refractivity contribution < 1.29 is 4.42 Å². The number of furan rings is 1. The van der Waals surface area contributed by atoms with Gasteiger partial charge >= 0.3 is 0 Å². The Morgan fingerprint density at radius 2 is 2.21 bits per heavy atom. The van der Waals surface area contributed by atoms with Crippen LogP contribution in [0.1, 0.15) is 11.5 Å². The van der Waals surface area contributed by atoms with Gasteiger partial charge in [-0.15, -0.1) is 0 Å². The largest absolute Gasteiger partial charge is 0.463 e. The van der Waals surface area contributed by atoms with Crippen LogP contribution < -0.4 is 5.32 Å². The van der Waals surface area contributed by atoms with Crippen LogP contribution in [-0.4, -0.2) is 47.6 Å². The van der Waals surface area contributed by atoms with Crippen molar-refractivity contribution >= 4 is 0 Å². The number of aromatic nitrogens is 2. The number of H-pyrrole nitrogens is 1. The summed E-state index contributed by atoms with van der Waals surface area (Å²) in [6, 6.07) is 3.84. The van der Waals surface area contributed by atoms with Gasteiger partial charge in [-0.05, 0) is 19.1 Å². The van der Waals surface area contributed by atoms with Crippen LogP contribution in [0, 0.1) is 6.92 Å². The third-order valence-corrected chi connectivity index (χ3v) is 3.56. The van der Waals surface area contributed by atoms with Crippen LogP contribution in [-0.2, 0) is 6.42 Å². The zero-order chi connectivity index (χ0) is 13.1. The molecule has 0 amide bonds. The third-order valence-electron chi connectivity index (χ3n) is 3.56. The Hall–Kier alpha value is -1.59. The van der Waals surface area contributed by atoms with Gasteiger partial charge in [-0.1, -0.05) is 0 Å². The standard InChI is InChI=1S/C14H20N4O/c1-11-14(12-3-2-10-19-12)17-13(16-11)4-7-18-8-5-15-6-9-18/h2-3,10,15H,4-9H2,1H3,(H,16,17). The van der Waals surface area contributed by atoms with Crippen LogP contribution in [0.25, 0.3) is 11.5 Å². The van der Waals surface area contributed by atoms with Gasteiger partial charge in [0.25, 0.3) is 0 Å². The average Bonchev–Trinajstić information content (AvgIpc) is 3.07. The molecule has 0 bridgehead atoms. The van der Waals surface area contributed by atoms with Gasteiger partial charge in [0.15, 0.2) is 5.76 Å². The Morgan fingerprint density at radius 3 is 2.95 bits per heavy atom. The van der Waals surface area contributed by atoms with Gasteiger partial charge in [-0.25, -0.2) is 4.98 Å². The highest BCUT2D eigenvalue weighted by Gasteiger charge is 2.13. The minimum absolute atomic E-state index is 0.835. The molecule has 5 heteroatoms.